The second kappa shape index (κ2) is 28.5. The molecule has 4 N–H and O–H groups in total. The number of hydrogen-bond donors (Lipinski definition) is 4. The molecular weight excluding hydrogens is 554 g/mol. The van der Waals surface area contributed by atoms with Gasteiger partial charge in [-0.15, -0.1) is 0 Å². The molecule has 0 aliphatic carbocycles. The number of carboxylic acids is 4. The average molecular weight is 604 g/mol. The summed E-state index contributed by atoms with van der Waals surface area (Å²) >= 11 is -0.184. The summed E-state index contributed by atoms with van der Waals surface area (Å²) in [6.07, 6.45) is 14.3. The topological polar surface area (TPSA) is 149 Å². The van der Waals surface area contributed by atoms with Crippen LogP contribution in [0.3, 0.4) is 0 Å². The summed E-state index contributed by atoms with van der Waals surface area (Å²) in [5, 5.41) is 37.4. The smallest absolute Gasteiger partial charge is 0.331 e. The van der Waals surface area contributed by atoms with Gasteiger partial charge in [0.2, 0.25) is 0 Å². The minimum atomic E-state index is -1.19. The molecule has 8 nitrogen and oxygen atoms in total. The predicted octanol–water partition coefficient (Wildman–Crippen LogP) is 7.65. The molecule has 0 aromatic rings. The summed E-state index contributed by atoms with van der Waals surface area (Å²) < 4.78 is 0. The Kier molecular flexibility index (Phi) is 29.9. The van der Waals surface area contributed by atoms with Crippen molar-refractivity contribution in [1.82, 2.24) is 0 Å². The molecule has 0 aliphatic rings. The average Bonchev–Trinajstić information content (AvgIpc) is 2.88. The quantitative estimate of drug-likeness (QED) is 0.0479. The van der Waals surface area contributed by atoms with Gasteiger partial charge in [0.15, 0.2) is 0 Å². The summed E-state index contributed by atoms with van der Waals surface area (Å²) in [6.45, 7) is 15.5. The number of carboxylic acid groups (broad SMARTS) is 4. The van der Waals surface area contributed by atoms with E-state index in [2.05, 4.69) is 27.0 Å². The Balaban J connectivity index is -0.000000537. The van der Waals surface area contributed by atoms with Gasteiger partial charge in [0.25, 0.3) is 0 Å². The first-order chi connectivity index (χ1) is 18.4. The van der Waals surface area contributed by atoms with Crippen LogP contribution in [0.4, 0.5) is 0 Å². The molecule has 39 heavy (non-hydrogen) atoms. The van der Waals surface area contributed by atoms with Crippen molar-refractivity contribution in [2.75, 3.05) is 0 Å². The van der Waals surface area contributed by atoms with Crippen LogP contribution in [0.2, 0.25) is 10.0 Å². The van der Waals surface area contributed by atoms with Crippen LogP contribution in [0.25, 0.3) is 0 Å². The maximum absolute atomic E-state index is 10.8. The van der Waals surface area contributed by atoms with Crippen molar-refractivity contribution in [3.63, 3.8) is 0 Å². The van der Waals surface area contributed by atoms with Gasteiger partial charge in [-0.3, -0.25) is 0 Å². The van der Waals surface area contributed by atoms with Gasteiger partial charge in [-0.1, -0.05) is 79.1 Å². The first-order valence-corrected chi connectivity index (χ1v) is 18.2. The van der Waals surface area contributed by atoms with Gasteiger partial charge < -0.3 is 20.4 Å². The molecular formula is C30H50O8Zn. The third-order valence-electron chi connectivity index (χ3n) is 6.07. The zero-order chi connectivity index (χ0) is 30.6. The summed E-state index contributed by atoms with van der Waals surface area (Å²) in [5.74, 6) is -4.11. The first-order valence-electron chi connectivity index (χ1n) is 14.0. The van der Waals surface area contributed by atoms with E-state index in [1.807, 2.05) is 26.0 Å². The van der Waals surface area contributed by atoms with Gasteiger partial charge in [0, 0.05) is 23.3 Å². The van der Waals surface area contributed by atoms with Gasteiger partial charge >= 0.3 is 76.3 Å². The van der Waals surface area contributed by atoms with Crippen LogP contribution in [0.5, 0.6) is 0 Å². The molecule has 0 aromatic carbocycles. The van der Waals surface area contributed by atoms with E-state index in [1.54, 1.807) is 0 Å². The van der Waals surface area contributed by atoms with E-state index in [1.165, 1.54) is 10.0 Å². The molecule has 0 aromatic heterocycles. The van der Waals surface area contributed by atoms with Crippen LogP contribution in [-0.2, 0) is 36.3 Å². The number of hydrogen-bond acceptors (Lipinski definition) is 4. The van der Waals surface area contributed by atoms with Gasteiger partial charge in [-0.05, 0) is 24.7 Å². The zero-order valence-corrected chi connectivity index (χ0v) is 27.5. The predicted molar refractivity (Wildman–Crippen MR) is 153 cm³/mol. The minimum absolute atomic E-state index is 0.00421. The third kappa shape index (κ3) is 28.3. The second-order valence-electron chi connectivity index (χ2n) is 9.38. The summed E-state index contributed by atoms with van der Waals surface area (Å²) in [4.78, 5) is 42.6. The van der Waals surface area contributed by atoms with E-state index < -0.39 is 23.9 Å². The van der Waals surface area contributed by atoms with Crippen LogP contribution < -0.4 is 0 Å². The van der Waals surface area contributed by atoms with Crippen molar-refractivity contribution in [2.45, 2.75) is 102 Å². The fourth-order valence-corrected chi connectivity index (χ4v) is 5.34. The Hall–Kier alpha value is -2.54. The van der Waals surface area contributed by atoms with E-state index in [0.29, 0.717) is 12.8 Å². The molecule has 9 heteroatoms. The number of carbonyl (C=O) groups is 4. The molecule has 0 saturated heterocycles. The van der Waals surface area contributed by atoms with Crippen molar-refractivity contribution >= 4 is 23.9 Å². The molecule has 2 unspecified atom stereocenters. The number of allylic oxidation sites excluding steroid dienone is 2. The van der Waals surface area contributed by atoms with Gasteiger partial charge in [0.1, 0.15) is 0 Å². The monoisotopic (exact) mass is 602 g/mol. The molecule has 0 amide bonds. The van der Waals surface area contributed by atoms with Gasteiger partial charge in [-0.25, -0.2) is 19.2 Å². The molecule has 0 aliphatic heterocycles. The summed E-state index contributed by atoms with van der Waals surface area (Å²) in [6, 6.07) is 0. The maximum Gasteiger partial charge on any atom is 0.331 e. The summed E-state index contributed by atoms with van der Waals surface area (Å²) in [7, 11) is 0. The maximum atomic E-state index is 10.8. The van der Waals surface area contributed by atoms with Crippen molar-refractivity contribution in [1.29, 1.82) is 0 Å². The van der Waals surface area contributed by atoms with E-state index in [0.717, 1.165) is 63.5 Å². The fraction of sp³-hybridized carbons (Fsp3) is 0.600. The second-order valence-corrected chi connectivity index (χ2v) is 13.3. The molecule has 0 fully saturated rings. The fourth-order valence-electron chi connectivity index (χ4n) is 3.63. The van der Waals surface area contributed by atoms with Crippen molar-refractivity contribution in [2.24, 2.45) is 11.8 Å². The van der Waals surface area contributed by atoms with Crippen LogP contribution in [-0.4, -0.2) is 44.3 Å². The van der Waals surface area contributed by atoms with E-state index in [9.17, 15) is 19.2 Å². The van der Waals surface area contributed by atoms with E-state index >= 15 is 0 Å². The van der Waals surface area contributed by atoms with Crippen LogP contribution in [0.15, 0.2) is 48.6 Å². The van der Waals surface area contributed by atoms with Crippen molar-refractivity contribution in [3.05, 3.63) is 48.6 Å². The van der Waals surface area contributed by atoms with Gasteiger partial charge in [-0.2, -0.15) is 0 Å². The molecule has 0 heterocycles. The molecule has 0 bridgehead atoms. The Bertz CT molecular complexity index is 722. The van der Waals surface area contributed by atoms with Crippen molar-refractivity contribution < 1.29 is 56.7 Å². The molecule has 0 saturated carbocycles. The van der Waals surface area contributed by atoms with Gasteiger partial charge in [0.05, 0.1) is 0 Å². The molecule has 0 rings (SSSR count). The first kappa shape index (κ1) is 41.0. The largest absolute Gasteiger partial charge is 0.478 e. The molecule has 2 atom stereocenters. The molecule has 220 valence electrons. The summed E-state index contributed by atoms with van der Waals surface area (Å²) in [5.41, 5.74) is -0.00842. The van der Waals surface area contributed by atoms with E-state index in [4.69, 9.17) is 20.4 Å². The normalized spacial score (nSPS) is 12.3. The van der Waals surface area contributed by atoms with Crippen molar-refractivity contribution in [3.8, 4) is 0 Å². The zero-order valence-electron chi connectivity index (χ0n) is 24.5. The van der Waals surface area contributed by atoms with Crippen LogP contribution >= 0.6 is 0 Å². The third-order valence-corrected chi connectivity index (χ3v) is 9.49. The Morgan fingerprint density at radius 3 is 1.21 bits per heavy atom. The number of rotatable bonds is 20. The van der Waals surface area contributed by atoms with Crippen LogP contribution in [0, 0.1) is 11.8 Å². The molecule has 0 spiro atoms. The minimum Gasteiger partial charge on any atom is -0.478 e. The number of unbranched alkanes of at least 4 members (excludes halogenated alkanes) is 2. The Morgan fingerprint density at radius 1 is 0.667 bits per heavy atom. The SMILES string of the molecule is C=C[CH2][Zn][CH2]C=C.CCCCC(CC)CC(=CC(=O)O)C(=O)O.CCCCC(CC)CC(=CC(=O)O)C(=O)O. The number of aliphatic carboxylic acids is 4. The Morgan fingerprint density at radius 2 is 1.00 bits per heavy atom. The van der Waals surface area contributed by atoms with Crippen LogP contribution in [0.1, 0.15) is 91.9 Å². The Labute approximate surface area is 242 Å². The van der Waals surface area contributed by atoms with E-state index in [-0.39, 0.29) is 40.1 Å². The standard InChI is InChI=1S/2C12H20O4.2C3H5.Zn/c2*1-3-5-6-9(4-2)7-10(12(15)16)8-11(13)14;2*1-3-2;/h2*8-9H,3-7H2,1-2H3,(H,13,14)(H,15,16);2*3H,1-2H2;. The molecule has 0 radical (unpaired) electrons.